The molecule has 0 radical (unpaired) electrons. The Morgan fingerprint density at radius 1 is 1.21 bits per heavy atom. The van der Waals surface area contributed by atoms with E-state index in [-0.39, 0.29) is 5.75 Å². The zero-order chi connectivity index (χ0) is 14.3. The van der Waals surface area contributed by atoms with Gasteiger partial charge in [-0.3, -0.25) is 0 Å². The summed E-state index contributed by atoms with van der Waals surface area (Å²) in [4.78, 5) is 2.04. The highest BCUT2D eigenvalue weighted by molar-refractivity contribution is 7.90. The van der Waals surface area contributed by atoms with Gasteiger partial charge in [0.15, 0.2) is 0 Å². The summed E-state index contributed by atoms with van der Waals surface area (Å²) >= 11 is 0. The Labute approximate surface area is 115 Å². The number of nitrogens with zero attached hydrogens (tertiary/aromatic N) is 1. The zero-order valence-corrected chi connectivity index (χ0v) is 12.3. The number of sulfone groups is 1. The molecule has 0 aliphatic heterocycles. The first-order valence-corrected chi connectivity index (χ1v) is 8.29. The highest BCUT2D eigenvalue weighted by atomic mass is 32.2. The lowest BCUT2D eigenvalue weighted by molar-refractivity contribution is 0.415. The lowest BCUT2D eigenvalue weighted by atomic mass is 10.2. The third-order valence-electron chi connectivity index (χ3n) is 2.80. The second-order valence-electron chi connectivity index (χ2n) is 4.46. The second-order valence-corrected chi connectivity index (χ2v) is 6.72. The Balaban J connectivity index is 2.76. The van der Waals surface area contributed by atoms with E-state index in [1.165, 1.54) is 6.26 Å². The van der Waals surface area contributed by atoms with Gasteiger partial charge in [-0.15, -0.1) is 0 Å². The van der Waals surface area contributed by atoms with Gasteiger partial charge >= 0.3 is 0 Å². The molecule has 0 aliphatic carbocycles. The van der Waals surface area contributed by atoms with Crippen LogP contribution >= 0.6 is 0 Å². The number of ether oxygens (including phenoxy) is 1. The van der Waals surface area contributed by atoms with E-state index >= 15 is 0 Å². The lowest BCUT2D eigenvalue weighted by Crippen LogP contribution is -2.31. The maximum Gasteiger partial charge on any atom is 0.149 e. The van der Waals surface area contributed by atoms with Crippen molar-refractivity contribution >= 4 is 15.5 Å². The molecule has 108 valence electrons. The summed E-state index contributed by atoms with van der Waals surface area (Å²) < 4.78 is 27.6. The van der Waals surface area contributed by atoms with Gasteiger partial charge in [-0.25, -0.2) is 8.42 Å². The molecule has 19 heavy (non-hydrogen) atoms. The van der Waals surface area contributed by atoms with Crippen LogP contribution in [0.25, 0.3) is 0 Å². The summed E-state index contributed by atoms with van der Waals surface area (Å²) in [6, 6.07) is 7.59. The average molecular weight is 286 g/mol. The SMILES string of the molecule is COc1ccc(N(CCCN)CCS(C)(=O)=O)cc1. The molecule has 6 heteroatoms. The van der Waals surface area contributed by atoms with E-state index in [2.05, 4.69) is 0 Å². The highest BCUT2D eigenvalue weighted by Crippen LogP contribution is 2.19. The van der Waals surface area contributed by atoms with Gasteiger partial charge in [0.25, 0.3) is 0 Å². The third-order valence-corrected chi connectivity index (χ3v) is 3.73. The molecule has 0 heterocycles. The monoisotopic (exact) mass is 286 g/mol. The van der Waals surface area contributed by atoms with Gasteiger partial charge in [0, 0.05) is 25.0 Å². The van der Waals surface area contributed by atoms with Gasteiger partial charge in [0.05, 0.1) is 12.9 Å². The molecule has 0 saturated carbocycles. The normalized spacial score (nSPS) is 11.3. The third kappa shape index (κ3) is 5.94. The van der Waals surface area contributed by atoms with Gasteiger partial charge in [0.2, 0.25) is 0 Å². The summed E-state index contributed by atoms with van der Waals surface area (Å²) in [7, 11) is -1.35. The van der Waals surface area contributed by atoms with E-state index in [0.717, 1.165) is 24.4 Å². The van der Waals surface area contributed by atoms with Crippen molar-refractivity contribution in [2.75, 3.05) is 43.7 Å². The summed E-state index contributed by atoms with van der Waals surface area (Å²) in [5, 5.41) is 0. The molecule has 1 rings (SSSR count). The summed E-state index contributed by atoms with van der Waals surface area (Å²) in [6.07, 6.45) is 2.08. The second kappa shape index (κ2) is 7.35. The number of anilines is 1. The van der Waals surface area contributed by atoms with Crippen LogP contribution in [0.4, 0.5) is 5.69 Å². The topological polar surface area (TPSA) is 72.6 Å². The van der Waals surface area contributed by atoms with Gasteiger partial charge in [-0.2, -0.15) is 0 Å². The standard InChI is InChI=1S/C13H22N2O3S/c1-18-13-6-4-12(5-7-13)15(9-3-8-14)10-11-19(2,16)17/h4-7H,3,8-11,14H2,1-2H3. The molecular weight excluding hydrogens is 264 g/mol. The summed E-state index contributed by atoms with van der Waals surface area (Å²) in [6.45, 7) is 1.81. The Morgan fingerprint density at radius 3 is 2.32 bits per heavy atom. The molecule has 0 aromatic heterocycles. The smallest absolute Gasteiger partial charge is 0.149 e. The molecule has 0 atom stereocenters. The Kier molecular flexibility index (Phi) is 6.11. The van der Waals surface area contributed by atoms with E-state index in [1.807, 2.05) is 29.2 Å². The van der Waals surface area contributed by atoms with Crippen molar-refractivity contribution in [3.8, 4) is 5.75 Å². The van der Waals surface area contributed by atoms with Gasteiger partial charge in [-0.05, 0) is 37.2 Å². The molecule has 0 unspecified atom stereocenters. The summed E-state index contributed by atoms with van der Waals surface area (Å²) in [5.74, 6) is 0.925. The van der Waals surface area contributed by atoms with Crippen molar-refractivity contribution in [1.29, 1.82) is 0 Å². The van der Waals surface area contributed by atoms with Crippen LogP contribution < -0.4 is 15.4 Å². The molecule has 0 saturated heterocycles. The average Bonchev–Trinajstić information content (AvgIpc) is 2.38. The lowest BCUT2D eigenvalue weighted by Gasteiger charge is -2.24. The number of nitrogens with two attached hydrogens (primary N) is 1. The quantitative estimate of drug-likeness (QED) is 0.768. The van der Waals surface area contributed by atoms with Crippen molar-refractivity contribution in [3.05, 3.63) is 24.3 Å². The van der Waals surface area contributed by atoms with Gasteiger partial charge in [-0.1, -0.05) is 0 Å². The van der Waals surface area contributed by atoms with Crippen LogP contribution in [0.1, 0.15) is 6.42 Å². The van der Waals surface area contributed by atoms with Crippen LogP contribution in [0.15, 0.2) is 24.3 Å². The highest BCUT2D eigenvalue weighted by Gasteiger charge is 2.10. The predicted molar refractivity (Wildman–Crippen MR) is 78.6 cm³/mol. The fourth-order valence-corrected chi connectivity index (χ4v) is 2.27. The van der Waals surface area contributed by atoms with Gasteiger partial charge in [0.1, 0.15) is 15.6 Å². The van der Waals surface area contributed by atoms with Crippen LogP contribution in [0, 0.1) is 0 Å². The molecule has 0 bridgehead atoms. The van der Waals surface area contributed by atoms with E-state index < -0.39 is 9.84 Å². The molecule has 5 nitrogen and oxygen atoms in total. The maximum absolute atomic E-state index is 11.3. The van der Waals surface area contributed by atoms with Crippen molar-refractivity contribution in [1.82, 2.24) is 0 Å². The molecule has 0 amide bonds. The molecule has 1 aromatic rings. The van der Waals surface area contributed by atoms with Crippen LogP contribution in [0.2, 0.25) is 0 Å². The summed E-state index contributed by atoms with van der Waals surface area (Å²) in [5.41, 5.74) is 6.50. The van der Waals surface area contributed by atoms with Crippen LogP contribution in [-0.4, -0.2) is 47.2 Å². The van der Waals surface area contributed by atoms with Gasteiger partial charge < -0.3 is 15.4 Å². The maximum atomic E-state index is 11.3. The van der Waals surface area contributed by atoms with E-state index in [0.29, 0.717) is 13.1 Å². The van der Waals surface area contributed by atoms with Crippen molar-refractivity contribution in [3.63, 3.8) is 0 Å². The zero-order valence-electron chi connectivity index (χ0n) is 11.5. The van der Waals surface area contributed by atoms with Crippen molar-refractivity contribution < 1.29 is 13.2 Å². The molecule has 0 aliphatic rings. The number of hydrogen-bond donors (Lipinski definition) is 1. The number of hydrogen-bond acceptors (Lipinski definition) is 5. The molecule has 0 spiro atoms. The van der Waals surface area contributed by atoms with Crippen LogP contribution in [0.3, 0.4) is 0 Å². The first-order chi connectivity index (χ1) is 8.96. The van der Waals surface area contributed by atoms with Crippen LogP contribution in [0.5, 0.6) is 5.75 Å². The van der Waals surface area contributed by atoms with Crippen molar-refractivity contribution in [2.24, 2.45) is 5.73 Å². The fraction of sp³-hybridized carbons (Fsp3) is 0.538. The molecule has 2 N–H and O–H groups in total. The largest absolute Gasteiger partial charge is 0.497 e. The minimum atomic E-state index is -2.96. The molecule has 1 aromatic carbocycles. The number of rotatable bonds is 8. The first kappa shape index (κ1) is 15.8. The Hall–Kier alpha value is -1.27. The minimum absolute atomic E-state index is 0.142. The Morgan fingerprint density at radius 2 is 1.84 bits per heavy atom. The number of benzene rings is 1. The van der Waals surface area contributed by atoms with E-state index in [1.54, 1.807) is 7.11 Å². The Bertz CT molecular complexity index is 471. The first-order valence-electron chi connectivity index (χ1n) is 6.23. The fourth-order valence-electron chi connectivity index (χ4n) is 1.72. The molecule has 0 fully saturated rings. The predicted octanol–water partition coefficient (Wildman–Crippen LogP) is 0.895. The number of methoxy groups -OCH3 is 1. The van der Waals surface area contributed by atoms with E-state index in [9.17, 15) is 8.42 Å². The van der Waals surface area contributed by atoms with Crippen molar-refractivity contribution in [2.45, 2.75) is 6.42 Å². The van der Waals surface area contributed by atoms with E-state index in [4.69, 9.17) is 10.5 Å². The van der Waals surface area contributed by atoms with Crippen LogP contribution in [-0.2, 0) is 9.84 Å². The molecular formula is C13H22N2O3S. The minimum Gasteiger partial charge on any atom is -0.497 e.